The predicted octanol–water partition coefficient (Wildman–Crippen LogP) is 7.16. The van der Waals surface area contributed by atoms with Crippen LogP contribution in [0.25, 0.3) is 0 Å². The highest BCUT2D eigenvalue weighted by Gasteiger charge is 2.50. The van der Waals surface area contributed by atoms with E-state index in [0.717, 1.165) is 57.2 Å². The average Bonchev–Trinajstić information content (AvgIpc) is 3.25. The summed E-state index contributed by atoms with van der Waals surface area (Å²) in [5, 5.41) is 18.1. The fourth-order valence-corrected chi connectivity index (χ4v) is 6.50. The summed E-state index contributed by atoms with van der Waals surface area (Å²) >= 11 is 0. The van der Waals surface area contributed by atoms with Crippen molar-refractivity contribution in [2.24, 2.45) is 0 Å². The zero-order chi connectivity index (χ0) is 32.5. The van der Waals surface area contributed by atoms with E-state index in [1.807, 2.05) is 26.0 Å². The van der Waals surface area contributed by atoms with Crippen LogP contribution in [0.15, 0.2) is 66.7 Å². The van der Waals surface area contributed by atoms with E-state index in [9.17, 15) is 14.7 Å². The molecule has 3 aromatic rings. The molecule has 4 N–H and O–H groups in total. The highest BCUT2D eigenvalue weighted by molar-refractivity contribution is 6.04. The average molecular weight is 631 g/mol. The lowest BCUT2D eigenvalue weighted by Gasteiger charge is -2.44. The minimum atomic E-state index is -0.322. The van der Waals surface area contributed by atoms with Gasteiger partial charge in [0.15, 0.2) is 17.2 Å². The fourth-order valence-electron chi connectivity index (χ4n) is 6.50. The van der Waals surface area contributed by atoms with E-state index >= 15 is 0 Å². The summed E-state index contributed by atoms with van der Waals surface area (Å²) in [4.78, 5) is 27.8. The first-order valence-electron chi connectivity index (χ1n) is 16.4. The number of anilines is 2. The predicted molar refractivity (Wildman–Crippen MR) is 179 cm³/mol. The maximum atomic E-state index is 13.0. The molecule has 2 heterocycles. The van der Waals surface area contributed by atoms with Gasteiger partial charge in [-0.1, -0.05) is 13.8 Å². The largest absolute Gasteiger partial charge is 0.493 e. The smallest absolute Gasteiger partial charge is 0.319 e. The number of nitrogens with zero attached hydrogens (tertiary/aromatic N) is 1. The van der Waals surface area contributed by atoms with Crippen molar-refractivity contribution in [3.8, 4) is 23.0 Å². The van der Waals surface area contributed by atoms with Gasteiger partial charge >= 0.3 is 6.03 Å². The molecule has 2 bridgehead atoms. The SMILES string of the molecule is CCC(CC)NC(=O)Nc1ccc(Oc2ccc(NC(=O)c3ccc(OC45CCCC(CC4)N5CCCO)cc3)cc2)c(OC)c1. The van der Waals surface area contributed by atoms with Crippen molar-refractivity contribution in [3.63, 3.8) is 0 Å². The molecule has 2 fully saturated rings. The monoisotopic (exact) mass is 630 g/mol. The van der Waals surface area contributed by atoms with Crippen LogP contribution < -0.4 is 30.2 Å². The molecule has 46 heavy (non-hydrogen) atoms. The number of hydrogen-bond donors (Lipinski definition) is 4. The van der Waals surface area contributed by atoms with Gasteiger partial charge in [-0.15, -0.1) is 0 Å². The van der Waals surface area contributed by atoms with E-state index in [-0.39, 0.29) is 30.3 Å². The van der Waals surface area contributed by atoms with Crippen LogP contribution >= 0.6 is 0 Å². The summed E-state index contributed by atoms with van der Waals surface area (Å²) in [6.07, 6.45) is 7.86. The number of aliphatic hydroxyl groups excluding tert-OH is 1. The highest BCUT2D eigenvalue weighted by Crippen LogP contribution is 2.45. The standard InChI is InChI=1S/C36H46N4O6/c1-4-26(5-2)38-35(43)39-28-13-18-32(33(24-28)44-3)45-30-16-11-27(12-17-30)37-34(42)25-9-14-31(15-10-25)46-36-20-6-8-29(19-21-36)40(36)22-7-23-41/h9-18,24,26,29,41H,4-8,19-23H2,1-3H3,(H,37,42)(H2,38,39,43). The molecule has 2 unspecified atom stereocenters. The van der Waals surface area contributed by atoms with Crippen molar-refractivity contribution >= 4 is 23.3 Å². The summed E-state index contributed by atoms with van der Waals surface area (Å²) in [7, 11) is 1.54. The third kappa shape index (κ3) is 7.92. The second-order valence-corrected chi connectivity index (χ2v) is 12.0. The van der Waals surface area contributed by atoms with E-state index in [0.29, 0.717) is 40.2 Å². The van der Waals surface area contributed by atoms with Gasteiger partial charge in [-0.2, -0.15) is 0 Å². The normalized spacial score (nSPS) is 19.0. The van der Waals surface area contributed by atoms with E-state index in [1.54, 1.807) is 61.7 Å². The van der Waals surface area contributed by atoms with Crippen LogP contribution in [-0.4, -0.2) is 60.0 Å². The molecule has 3 aromatic carbocycles. The van der Waals surface area contributed by atoms with Crippen molar-refractivity contribution in [2.45, 2.75) is 83.0 Å². The van der Waals surface area contributed by atoms with Crippen molar-refractivity contribution in [2.75, 3.05) is 30.9 Å². The summed E-state index contributed by atoms with van der Waals surface area (Å²) in [5.41, 5.74) is 1.43. The van der Waals surface area contributed by atoms with Crippen molar-refractivity contribution in [3.05, 3.63) is 72.3 Å². The van der Waals surface area contributed by atoms with Crippen LogP contribution in [-0.2, 0) is 0 Å². The number of piperidine rings is 1. The first-order chi connectivity index (χ1) is 22.4. The molecule has 2 aliphatic rings. The number of benzene rings is 3. The second kappa shape index (κ2) is 15.3. The molecule has 246 valence electrons. The molecule has 2 saturated heterocycles. The molecule has 0 aromatic heterocycles. The lowest BCUT2D eigenvalue weighted by Crippen LogP contribution is -2.54. The molecule has 10 nitrogen and oxygen atoms in total. The number of fused-ring (bicyclic) bond motifs is 2. The minimum absolute atomic E-state index is 0.119. The zero-order valence-electron chi connectivity index (χ0n) is 27.0. The molecule has 5 rings (SSSR count). The number of hydrogen-bond acceptors (Lipinski definition) is 7. The molecule has 2 aliphatic heterocycles. The Balaban J connectivity index is 1.16. The Kier molecular flexibility index (Phi) is 11.0. The number of carbonyl (C=O) groups excluding carboxylic acids is 2. The summed E-state index contributed by atoms with van der Waals surface area (Å²) < 4.78 is 18.1. The summed E-state index contributed by atoms with van der Waals surface area (Å²) in [5.74, 6) is 2.05. The van der Waals surface area contributed by atoms with Gasteiger partial charge in [-0.3, -0.25) is 9.69 Å². The van der Waals surface area contributed by atoms with Crippen LogP contribution in [0.4, 0.5) is 16.2 Å². The molecule has 0 aliphatic carbocycles. The molecular formula is C36H46N4O6. The number of nitrogens with one attached hydrogen (secondary N) is 3. The van der Waals surface area contributed by atoms with Gasteiger partial charge in [-0.05, 0) is 99.2 Å². The molecule has 2 atom stereocenters. The molecule has 10 heteroatoms. The topological polar surface area (TPSA) is 121 Å². The number of ether oxygens (including phenoxy) is 3. The molecule has 3 amide bonds. The number of aliphatic hydroxyl groups is 1. The highest BCUT2D eigenvalue weighted by atomic mass is 16.5. The van der Waals surface area contributed by atoms with Gasteiger partial charge in [0, 0.05) is 61.1 Å². The zero-order valence-corrected chi connectivity index (χ0v) is 27.0. The quantitative estimate of drug-likeness (QED) is 0.149. The maximum absolute atomic E-state index is 13.0. The van der Waals surface area contributed by atoms with Gasteiger partial charge < -0.3 is 35.3 Å². The lowest BCUT2D eigenvalue weighted by molar-refractivity contribution is -0.0986. The second-order valence-electron chi connectivity index (χ2n) is 12.0. The number of amides is 3. The van der Waals surface area contributed by atoms with Crippen molar-refractivity contribution < 1.29 is 28.9 Å². The molecule has 0 saturated carbocycles. The van der Waals surface area contributed by atoms with Gasteiger partial charge in [0.25, 0.3) is 5.91 Å². The summed E-state index contributed by atoms with van der Waals surface area (Å²) in [6, 6.07) is 19.9. The Labute approximate surface area is 271 Å². The van der Waals surface area contributed by atoms with Gasteiger partial charge in [0.2, 0.25) is 0 Å². The molecular weight excluding hydrogens is 584 g/mol. The van der Waals surface area contributed by atoms with Crippen LogP contribution in [0.3, 0.4) is 0 Å². The van der Waals surface area contributed by atoms with Crippen LogP contribution in [0.5, 0.6) is 23.0 Å². The maximum Gasteiger partial charge on any atom is 0.319 e. The number of carbonyl (C=O) groups is 2. The number of rotatable bonds is 14. The van der Waals surface area contributed by atoms with Crippen LogP contribution in [0.1, 0.15) is 75.6 Å². The Morgan fingerprint density at radius 1 is 0.913 bits per heavy atom. The van der Waals surface area contributed by atoms with E-state index in [2.05, 4.69) is 20.9 Å². The minimum Gasteiger partial charge on any atom is -0.493 e. The fraction of sp³-hybridized carbons (Fsp3) is 0.444. The Morgan fingerprint density at radius 2 is 1.63 bits per heavy atom. The van der Waals surface area contributed by atoms with E-state index < -0.39 is 0 Å². The first-order valence-corrected chi connectivity index (χ1v) is 16.4. The van der Waals surface area contributed by atoms with Crippen molar-refractivity contribution in [1.82, 2.24) is 10.2 Å². The summed E-state index contributed by atoms with van der Waals surface area (Å²) in [6.45, 7) is 5.09. The third-order valence-corrected chi connectivity index (χ3v) is 9.00. The van der Waals surface area contributed by atoms with E-state index in [1.165, 1.54) is 6.42 Å². The van der Waals surface area contributed by atoms with Gasteiger partial charge in [-0.25, -0.2) is 4.79 Å². The Hall–Kier alpha value is -4.28. The van der Waals surface area contributed by atoms with Gasteiger partial charge in [0.1, 0.15) is 11.5 Å². The lowest BCUT2D eigenvalue weighted by atomic mass is 9.99. The van der Waals surface area contributed by atoms with Crippen molar-refractivity contribution in [1.29, 1.82) is 0 Å². The molecule has 0 spiro atoms. The van der Waals surface area contributed by atoms with Crippen LogP contribution in [0, 0.1) is 0 Å². The van der Waals surface area contributed by atoms with E-state index in [4.69, 9.17) is 14.2 Å². The third-order valence-electron chi connectivity index (χ3n) is 9.00. The van der Waals surface area contributed by atoms with Crippen LogP contribution in [0.2, 0.25) is 0 Å². The first kappa shape index (κ1) is 33.1. The Morgan fingerprint density at radius 3 is 2.33 bits per heavy atom. The number of urea groups is 1. The Bertz CT molecular complexity index is 1460. The molecule has 0 radical (unpaired) electrons. The number of methoxy groups -OCH3 is 1. The van der Waals surface area contributed by atoms with Gasteiger partial charge in [0.05, 0.1) is 7.11 Å².